The number of hydrogen-bond acceptors (Lipinski definition) is 2. The van der Waals surface area contributed by atoms with Crippen molar-refractivity contribution in [1.29, 1.82) is 0 Å². The molecule has 0 radical (unpaired) electrons. The number of pyridine rings is 1. The van der Waals surface area contributed by atoms with Crippen LogP contribution in [0.1, 0.15) is 22.3 Å². The van der Waals surface area contributed by atoms with Gasteiger partial charge in [-0.2, -0.15) is 0 Å². The SMILES string of the molecule is c1ccc(N(c2ccc3c4ccc(-n5c6ccccc6c6ccccc65)cc4n(-c4ccccc4)c3c2)c2cc3c(c4ccccc24)-c2ccc(-c4cccnc4)cc2C3(c2ccccc2)c2ccccc2)cc1. The van der Waals surface area contributed by atoms with Crippen molar-refractivity contribution >= 4 is 71.4 Å². The molecule has 0 saturated carbocycles. The molecular weight excluding hydrogens is 897 g/mol. The predicted molar refractivity (Wildman–Crippen MR) is 308 cm³/mol. The molecule has 11 aromatic carbocycles. The molecule has 4 nitrogen and oxygen atoms in total. The van der Waals surface area contributed by atoms with Crippen LogP contribution in [0, 0.1) is 0 Å². The summed E-state index contributed by atoms with van der Waals surface area (Å²) in [5.41, 5.74) is 19.2. The van der Waals surface area contributed by atoms with Crippen LogP contribution >= 0.6 is 0 Å². The van der Waals surface area contributed by atoms with Gasteiger partial charge in [-0.25, -0.2) is 0 Å². The Labute approximate surface area is 428 Å². The van der Waals surface area contributed by atoms with Crippen LogP contribution in [0.4, 0.5) is 17.1 Å². The van der Waals surface area contributed by atoms with Gasteiger partial charge in [-0.15, -0.1) is 0 Å². The summed E-state index contributed by atoms with van der Waals surface area (Å²) in [7, 11) is 0. The molecule has 0 N–H and O–H groups in total. The van der Waals surface area contributed by atoms with Crippen LogP contribution in [0.25, 0.3) is 88.0 Å². The van der Waals surface area contributed by atoms with E-state index in [0.717, 1.165) is 50.6 Å². The van der Waals surface area contributed by atoms with E-state index in [2.05, 4.69) is 280 Å². The summed E-state index contributed by atoms with van der Waals surface area (Å²) in [4.78, 5) is 7.05. The lowest BCUT2D eigenvalue weighted by Gasteiger charge is -2.35. The number of fused-ring (bicyclic) bond motifs is 11. The summed E-state index contributed by atoms with van der Waals surface area (Å²) in [6.07, 6.45) is 3.82. The molecule has 0 unspecified atom stereocenters. The number of para-hydroxylation sites is 4. The number of nitrogens with zero attached hydrogens (tertiary/aromatic N) is 4. The maximum Gasteiger partial charge on any atom is 0.0714 e. The Kier molecular flexibility index (Phi) is 9.45. The molecule has 14 aromatic rings. The monoisotopic (exact) mass is 942 g/mol. The molecule has 1 aliphatic carbocycles. The van der Waals surface area contributed by atoms with E-state index in [0.29, 0.717) is 0 Å². The third-order valence-corrected chi connectivity index (χ3v) is 15.6. The molecule has 0 spiro atoms. The van der Waals surface area contributed by atoms with Crippen molar-refractivity contribution in [3.05, 3.63) is 302 Å². The molecular formula is C70H46N4. The van der Waals surface area contributed by atoms with Crippen molar-refractivity contribution in [3.63, 3.8) is 0 Å². The highest BCUT2D eigenvalue weighted by Gasteiger charge is 2.47. The van der Waals surface area contributed by atoms with E-state index in [4.69, 9.17) is 0 Å². The molecule has 0 saturated heterocycles. The maximum atomic E-state index is 4.56. The van der Waals surface area contributed by atoms with Crippen molar-refractivity contribution in [3.8, 4) is 33.6 Å². The molecule has 1 aliphatic rings. The first-order chi connectivity index (χ1) is 36.7. The molecule has 4 heteroatoms. The first kappa shape index (κ1) is 42.0. The van der Waals surface area contributed by atoms with Gasteiger partial charge in [0, 0.05) is 62.1 Å². The van der Waals surface area contributed by atoms with E-state index in [1.165, 1.54) is 76.7 Å². The van der Waals surface area contributed by atoms with E-state index in [9.17, 15) is 0 Å². The molecule has 0 aliphatic heterocycles. The average molecular weight is 943 g/mol. The summed E-state index contributed by atoms with van der Waals surface area (Å²) < 4.78 is 4.88. The zero-order valence-electron chi connectivity index (χ0n) is 40.3. The second-order valence-corrected chi connectivity index (χ2v) is 19.5. The Hall–Kier alpha value is -9.77. The van der Waals surface area contributed by atoms with Crippen LogP contribution in [0.3, 0.4) is 0 Å². The van der Waals surface area contributed by atoms with Gasteiger partial charge in [-0.05, 0) is 129 Å². The van der Waals surface area contributed by atoms with Gasteiger partial charge in [-0.3, -0.25) is 4.98 Å². The van der Waals surface area contributed by atoms with Gasteiger partial charge in [0.2, 0.25) is 0 Å². The van der Waals surface area contributed by atoms with Crippen LogP contribution in [0.5, 0.6) is 0 Å². The lowest BCUT2D eigenvalue weighted by atomic mass is 9.67. The quantitative estimate of drug-likeness (QED) is 0.152. The zero-order chi connectivity index (χ0) is 48.7. The Morgan fingerprint density at radius 1 is 0.338 bits per heavy atom. The Bertz CT molecular complexity index is 4370. The third-order valence-electron chi connectivity index (χ3n) is 15.6. The second kappa shape index (κ2) is 16.7. The van der Waals surface area contributed by atoms with Crippen molar-refractivity contribution in [2.75, 3.05) is 4.90 Å². The van der Waals surface area contributed by atoms with Crippen LogP contribution in [0.2, 0.25) is 0 Å². The molecule has 0 amide bonds. The number of benzene rings is 11. The lowest BCUT2D eigenvalue weighted by Crippen LogP contribution is -2.29. The molecule has 0 bridgehead atoms. The highest BCUT2D eigenvalue weighted by molar-refractivity contribution is 6.15. The van der Waals surface area contributed by atoms with Crippen LogP contribution in [-0.4, -0.2) is 14.1 Å². The minimum Gasteiger partial charge on any atom is -0.310 e. The fourth-order valence-corrected chi connectivity index (χ4v) is 12.6. The first-order valence-electron chi connectivity index (χ1n) is 25.4. The summed E-state index contributed by atoms with van der Waals surface area (Å²) in [6.45, 7) is 0. The lowest BCUT2D eigenvalue weighted by molar-refractivity contribution is 0.769. The number of rotatable bonds is 8. The molecule has 3 heterocycles. The minimum atomic E-state index is -0.662. The van der Waals surface area contributed by atoms with Crippen molar-refractivity contribution in [1.82, 2.24) is 14.1 Å². The largest absolute Gasteiger partial charge is 0.310 e. The fourth-order valence-electron chi connectivity index (χ4n) is 12.6. The van der Waals surface area contributed by atoms with Gasteiger partial charge >= 0.3 is 0 Å². The summed E-state index contributed by atoms with van der Waals surface area (Å²) in [5.74, 6) is 0. The van der Waals surface area contributed by atoms with E-state index in [1.54, 1.807) is 0 Å². The normalized spacial score (nSPS) is 12.7. The number of aromatic nitrogens is 3. The number of anilines is 3. The van der Waals surface area contributed by atoms with Crippen molar-refractivity contribution in [2.24, 2.45) is 0 Å². The maximum absolute atomic E-state index is 4.56. The average Bonchev–Trinajstić information content (AvgIpc) is 4.15. The molecule has 15 rings (SSSR count). The van der Waals surface area contributed by atoms with E-state index < -0.39 is 5.41 Å². The smallest absolute Gasteiger partial charge is 0.0714 e. The first-order valence-corrected chi connectivity index (χ1v) is 25.4. The van der Waals surface area contributed by atoms with Gasteiger partial charge in [0.15, 0.2) is 0 Å². The zero-order valence-corrected chi connectivity index (χ0v) is 40.3. The molecule has 0 fully saturated rings. The van der Waals surface area contributed by atoms with Crippen molar-refractivity contribution < 1.29 is 0 Å². The summed E-state index contributed by atoms with van der Waals surface area (Å²) in [5, 5.41) is 7.28. The standard InChI is InChI=1S/C70H46N4/c1-5-21-49(22-6-1)70(50-23-7-2-8-24-50)62-42-47(48-20-19-41-71-46-48)35-38-61(62)69-60-32-14-13-31-57(60)68(45-63(69)70)72(51-25-9-3-10-26-51)53-36-39-58-59-40-37-54(44-67(59)73(66(58)43-53)52-27-11-4-12-28-52)74-64-33-17-15-29-55(64)56-30-16-18-34-65(56)74/h1-46H. The van der Waals surface area contributed by atoms with Gasteiger partial charge < -0.3 is 14.0 Å². The summed E-state index contributed by atoms with van der Waals surface area (Å²) >= 11 is 0. The topological polar surface area (TPSA) is 26.0 Å². The predicted octanol–water partition coefficient (Wildman–Crippen LogP) is 17.9. The molecule has 346 valence electrons. The van der Waals surface area contributed by atoms with Gasteiger partial charge in [0.1, 0.15) is 0 Å². The highest BCUT2D eigenvalue weighted by Crippen LogP contribution is 2.60. The van der Waals surface area contributed by atoms with E-state index in [-0.39, 0.29) is 0 Å². The molecule has 0 atom stereocenters. The third kappa shape index (κ3) is 6.18. The Morgan fingerprint density at radius 2 is 0.892 bits per heavy atom. The fraction of sp³-hybridized carbons (Fsp3) is 0.0143. The molecule has 74 heavy (non-hydrogen) atoms. The van der Waals surface area contributed by atoms with E-state index >= 15 is 0 Å². The van der Waals surface area contributed by atoms with Gasteiger partial charge in [0.05, 0.1) is 33.2 Å². The van der Waals surface area contributed by atoms with Gasteiger partial charge in [0.25, 0.3) is 0 Å². The van der Waals surface area contributed by atoms with Gasteiger partial charge in [-0.1, -0.05) is 188 Å². The molecule has 3 aromatic heterocycles. The van der Waals surface area contributed by atoms with Crippen LogP contribution in [-0.2, 0) is 5.41 Å². The van der Waals surface area contributed by atoms with E-state index in [1.807, 2.05) is 18.5 Å². The van der Waals surface area contributed by atoms with Crippen molar-refractivity contribution in [2.45, 2.75) is 5.41 Å². The summed E-state index contributed by atoms with van der Waals surface area (Å²) in [6, 6.07) is 98.4. The highest BCUT2D eigenvalue weighted by atomic mass is 15.1. The Balaban J connectivity index is 1.01. The minimum absolute atomic E-state index is 0.662. The number of hydrogen-bond donors (Lipinski definition) is 0. The van der Waals surface area contributed by atoms with Crippen LogP contribution < -0.4 is 4.90 Å². The second-order valence-electron chi connectivity index (χ2n) is 19.5. The Morgan fingerprint density at radius 3 is 1.55 bits per heavy atom. The van der Waals surface area contributed by atoms with Crippen LogP contribution in [0.15, 0.2) is 279 Å².